The summed E-state index contributed by atoms with van der Waals surface area (Å²) in [6.07, 6.45) is 0. The Bertz CT molecular complexity index is 66.1. The molecule has 0 amide bonds. The number of hydrogen-bond donors (Lipinski definition) is 1. The molecule has 0 radical (unpaired) electrons. The van der Waals surface area contributed by atoms with Crippen molar-refractivity contribution in [2.24, 2.45) is 0 Å². The third-order valence-electron chi connectivity index (χ3n) is 1.16. The molecule has 1 N–H and O–H groups in total. The maximum atomic E-state index is 11.6. The standard InChI is InChI=1S/C4H8FNO/c1-6-4(2-5)3-7-4/h6H,2-3H2,1H3. The van der Waals surface area contributed by atoms with Crippen molar-refractivity contribution < 1.29 is 9.13 Å². The zero-order chi connectivity index (χ0) is 5.33. The lowest BCUT2D eigenvalue weighted by molar-refractivity contribution is 0.217. The molecule has 0 aromatic heterocycles. The smallest absolute Gasteiger partial charge is 0.171 e. The lowest BCUT2D eigenvalue weighted by atomic mass is 10.4. The monoisotopic (exact) mass is 105 g/mol. The quantitative estimate of drug-likeness (QED) is 0.496. The fraction of sp³-hybridized carbons (Fsp3) is 1.00. The summed E-state index contributed by atoms with van der Waals surface area (Å²) in [7, 11) is 1.69. The largest absolute Gasteiger partial charge is 0.351 e. The molecule has 1 fully saturated rings. The average Bonchev–Trinajstić information content (AvgIpc) is 2.46. The molecule has 1 atom stereocenters. The summed E-state index contributed by atoms with van der Waals surface area (Å²) < 4.78 is 16.4. The van der Waals surface area contributed by atoms with Crippen LogP contribution in [0.1, 0.15) is 0 Å². The van der Waals surface area contributed by atoms with Crippen LogP contribution in [0.3, 0.4) is 0 Å². The summed E-state index contributed by atoms with van der Waals surface area (Å²) in [5.41, 5.74) is -0.583. The number of halogens is 1. The van der Waals surface area contributed by atoms with Crippen LogP contribution in [0.15, 0.2) is 0 Å². The van der Waals surface area contributed by atoms with Crippen molar-refractivity contribution in [1.82, 2.24) is 5.32 Å². The molecule has 1 rings (SSSR count). The number of hydrogen-bond acceptors (Lipinski definition) is 2. The molecule has 7 heavy (non-hydrogen) atoms. The van der Waals surface area contributed by atoms with Gasteiger partial charge in [-0.3, -0.25) is 5.32 Å². The molecule has 1 aliphatic heterocycles. The third kappa shape index (κ3) is 0.737. The number of likely N-dealkylation sites (N-methyl/N-ethyl adjacent to an activating group) is 1. The molecule has 1 saturated heterocycles. The van der Waals surface area contributed by atoms with Crippen molar-refractivity contribution in [2.45, 2.75) is 5.72 Å². The second kappa shape index (κ2) is 1.42. The van der Waals surface area contributed by atoms with Crippen molar-refractivity contribution in [3.63, 3.8) is 0 Å². The molecular formula is C4H8FNO. The van der Waals surface area contributed by atoms with Gasteiger partial charge in [-0.15, -0.1) is 0 Å². The predicted octanol–water partition coefficient (Wildman–Crippen LogP) is -0.0982. The number of ether oxygens (including phenoxy) is 1. The van der Waals surface area contributed by atoms with Crippen molar-refractivity contribution in [3.05, 3.63) is 0 Å². The zero-order valence-electron chi connectivity index (χ0n) is 4.20. The van der Waals surface area contributed by atoms with E-state index in [4.69, 9.17) is 4.74 Å². The molecule has 0 saturated carbocycles. The Morgan fingerprint density at radius 3 is 2.57 bits per heavy atom. The second-order valence-corrected chi connectivity index (χ2v) is 1.67. The van der Waals surface area contributed by atoms with Gasteiger partial charge in [0.15, 0.2) is 5.72 Å². The van der Waals surface area contributed by atoms with Crippen molar-refractivity contribution in [3.8, 4) is 0 Å². The van der Waals surface area contributed by atoms with Crippen LogP contribution in [0.4, 0.5) is 4.39 Å². The molecular weight excluding hydrogens is 97.0 g/mol. The van der Waals surface area contributed by atoms with Crippen LogP contribution in [-0.2, 0) is 4.74 Å². The molecule has 42 valence electrons. The molecule has 1 unspecified atom stereocenters. The number of alkyl halides is 1. The molecule has 1 heterocycles. The summed E-state index contributed by atoms with van der Waals surface area (Å²) in [6, 6.07) is 0. The van der Waals surface area contributed by atoms with Crippen LogP contribution in [0.5, 0.6) is 0 Å². The van der Waals surface area contributed by atoms with Gasteiger partial charge in [-0.25, -0.2) is 4.39 Å². The van der Waals surface area contributed by atoms with Crippen LogP contribution in [0.25, 0.3) is 0 Å². The van der Waals surface area contributed by atoms with Crippen LogP contribution < -0.4 is 5.32 Å². The van der Waals surface area contributed by atoms with E-state index in [2.05, 4.69) is 5.32 Å². The minimum absolute atomic E-state index is 0.427. The summed E-state index contributed by atoms with van der Waals surface area (Å²) in [4.78, 5) is 0. The maximum absolute atomic E-state index is 11.6. The van der Waals surface area contributed by atoms with E-state index in [-0.39, 0.29) is 0 Å². The molecule has 0 spiro atoms. The average molecular weight is 105 g/mol. The highest BCUT2D eigenvalue weighted by atomic mass is 19.1. The number of nitrogens with one attached hydrogen (secondary N) is 1. The first-order chi connectivity index (χ1) is 3.33. The van der Waals surface area contributed by atoms with E-state index < -0.39 is 12.4 Å². The fourth-order valence-electron chi connectivity index (χ4n) is 0.375. The Morgan fingerprint density at radius 2 is 2.57 bits per heavy atom. The Morgan fingerprint density at radius 1 is 2.00 bits per heavy atom. The fourth-order valence-corrected chi connectivity index (χ4v) is 0.375. The van der Waals surface area contributed by atoms with Gasteiger partial charge < -0.3 is 4.74 Å². The Kier molecular flexibility index (Phi) is 1.01. The molecule has 0 aliphatic carbocycles. The Hall–Kier alpha value is -0.150. The van der Waals surface area contributed by atoms with E-state index in [1.807, 2.05) is 0 Å². The highest BCUT2D eigenvalue weighted by Crippen LogP contribution is 2.22. The lowest BCUT2D eigenvalue weighted by Gasteiger charge is -2.00. The highest BCUT2D eigenvalue weighted by Gasteiger charge is 2.43. The normalized spacial score (nSPS) is 38.6. The van der Waals surface area contributed by atoms with Crippen molar-refractivity contribution in [2.75, 3.05) is 20.3 Å². The summed E-state index contributed by atoms with van der Waals surface area (Å²) in [5, 5.41) is 2.70. The van der Waals surface area contributed by atoms with Gasteiger partial charge in [0.25, 0.3) is 0 Å². The van der Waals surface area contributed by atoms with Gasteiger partial charge in [0.2, 0.25) is 0 Å². The summed E-state index contributed by atoms with van der Waals surface area (Å²) in [5.74, 6) is 0. The topological polar surface area (TPSA) is 24.6 Å². The van der Waals surface area contributed by atoms with E-state index in [1.165, 1.54) is 0 Å². The van der Waals surface area contributed by atoms with E-state index in [1.54, 1.807) is 7.05 Å². The Balaban J connectivity index is 2.28. The van der Waals surface area contributed by atoms with Crippen LogP contribution >= 0.6 is 0 Å². The van der Waals surface area contributed by atoms with E-state index in [0.29, 0.717) is 6.61 Å². The summed E-state index contributed by atoms with van der Waals surface area (Å²) >= 11 is 0. The van der Waals surface area contributed by atoms with Gasteiger partial charge in [-0.1, -0.05) is 0 Å². The first-order valence-electron chi connectivity index (χ1n) is 2.22. The maximum Gasteiger partial charge on any atom is 0.171 e. The minimum Gasteiger partial charge on any atom is -0.351 e. The molecule has 1 aliphatic rings. The highest BCUT2D eigenvalue weighted by molar-refractivity contribution is 4.86. The minimum atomic E-state index is -0.583. The summed E-state index contributed by atoms with van der Waals surface area (Å²) in [6.45, 7) is 0.0868. The molecule has 2 nitrogen and oxygen atoms in total. The third-order valence-corrected chi connectivity index (χ3v) is 1.16. The van der Waals surface area contributed by atoms with Crippen LogP contribution in [-0.4, -0.2) is 26.1 Å². The van der Waals surface area contributed by atoms with Gasteiger partial charge >= 0.3 is 0 Å². The SMILES string of the molecule is CNC1(CF)CO1. The predicted molar refractivity (Wildman–Crippen MR) is 23.7 cm³/mol. The molecule has 0 bridgehead atoms. The van der Waals surface area contributed by atoms with Gasteiger partial charge in [0, 0.05) is 0 Å². The van der Waals surface area contributed by atoms with Crippen LogP contribution in [0.2, 0.25) is 0 Å². The Labute approximate surface area is 41.7 Å². The first kappa shape index (κ1) is 5.00. The number of epoxide rings is 1. The van der Waals surface area contributed by atoms with Crippen molar-refractivity contribution in [1.29, 1.82) is 0 Å². The van der Waals surface area contributed by atoms with Gasteiger partial charge in [0.05, 0.1) is 6.61 Å². The molecule has 0 aromatic carbocycles. The van der Waals surface area contributed by atoms with Crippen LogP contribution in [0, 0.1) is 0 Å². The van der Waals surface area contributed by atoms with Crippen molar-refractivity contribution >= 4 is 0 Å². The van der Waals surface area contributed by atoms with Gasteiger partial charge in [-0.05, 0) is 7.05 Å². The lowest BCUT2D eigenvalue weighted by Crippen LogP contribution is -2.30. The molecule has 0 aromatic rings. The second-order valence-electron chi connectivity index (χ2n) is 1.67. The van der Waals surface area contributed by atoms with Gasteiger partial charge in [-0.2, -0.15) is 0 Å². The van der Waals surface area contributed by atoms with E-state index >= 15 is 0 Å². The van der Waals surface area contributed by atoms with E-state index in [9.17, 15) is 4.39 Å². The zero-order valence-corrected chi connectivity index (χ0v) is 4.20. The molecule has 3 heteroatoms. The first-order valence-corrected chi connectivity index (χ1v) is 2.22. The number of rotatable bonds is 2. The van der Waals surface area contributed by atoms with Gasteiger partial charge in [0.1, 0.15) is 6.67 Å². The van der Waals surface area contributed by atoms with E-state index in [0.717, 1.165) is 0 Å².